The molecule has 1 aliphatic heterocycles. The number of alkyl halides is 1. The molecule has 0 aromatic heterocycles. The maximum atomic E-state index is 10.7. The molecule has 0 amide bonds. The standard InChI is InChI=1S/C6H9BrO5/c7-1-2(8)5-3(9)4(10)6(11)12-5/h2-5,8-10H,1H2. The fraction of sp³-hybridized carbons (Fsp3) is 0.833. The fourth-order valence-corrected chi connectivity index (χ4v) is 1.36. The molecule has 5 nitrogen and oxygen atoms in total. The quantitative estimate of drug-likeness (QED) is 0.400. The van der Waals surface area contributed by atoms with Crippen LogP contribution < -0.4 is 0 Å². The van der Waals surface area contributed by atoms with Gasteiger partial charge in [-0.1, -0.05) is 15.9 Å². The predicted molar refractivity (Wildman–Crippen MR) is 41.7 cm³/mol. The highest BCUT2D eigenvalue weighted by Crippen LogP contribution is 2.19. The van der Waals surface area contributed by atoms with Crippen LogP contribution in [0.4, 0.5) is 0 Å². The van der Waals surface area contributed by atoms with E-state index in [0.717, 1.165) is 0 Å². The molecule has 1 heterocycles. The average molecular weight is 241 g/mol. The van der Waals surface area contributed by atoms with Gasteiger partial charge in [0, 0.05) is 5.33 Å². The van der Waals surface area contributed by atoms with Gasteiger partial charge in [0.2, 0.25) is 0 Å². The van der Waals surface area contributed by atoms with Crippen LogP contribution in [0.5, 0.6) is 0 Å². The Morgan fingerprint density at radius 1 is 1.58 bits per heavy atom. The van der Waals surface area contributed by atoms with E-state index in [1.807, 2.05) is 0 Å². The first kappa shape index (κ1) is 9.91. The van der Waals surface area contributed by atoms with Gasteiger partial charge in [-0.05, 0) is 0 Å². The minimum Gasteiger partial charge on any atom is -0.455 e. The number of esters is 1. The molecule has 3 N–H and O–H groups in total. The molecule has 6 heteroatoms. The summed E-state index contributed by atoms with van der Waals surface area (Å²) < 4.78 is 4.52. The zero-order valence-electron chi connectivity index (χ0n) is 6.05. The summed E-state index contributed by atoms with van der Waals surface area (Å²) in [4.78, 5) is 10.7. The molecule has 4 atom stereocenters. The van der Waals surface area contributed by atoms with Crippen molar-refractivity contribution in [2.24, 2.45) is 0 Å². The largest absolute Gasteiger partial charge is 0.455 e. The van der Waals surface area contributed by atoms with Crippen LogP contribution in [0.2, 0.25) is 0 Å². The van der Waals surface area contributed by atoms with Crippen LogP contribution in [0.15, 0.2) is 0 Å². The lowest BCUT2D eigenvalue weighted by molar-refractivity contribution is -0.150. The normalized spacial score (nSPS) is 38.0. The molecule has 70 valence electrons. The number of halogens is 1. The predicted octanol–water partition coefficient (Wildman–Crippen LogP) is -1.61. The Balaban J connectivity index is 2.64. The lowest BCUT2D eigenvalue weighted by Gasteiger charge is -2.17. The van der Waals surface area contributed by atoms with Crippen LogP contribution in [0.1, 0.15) is 0 Å². The second-order valence-electron chi connectivity index (χ2n) is 2.56. The molecule has 1 aliphatic rings. The Labute approximate surface area is 77.1 Å². The Morgan fingerprint density at radius 2 is 2.17 bits per heavy atom. The maximum absolute atomic E-state index is 10.7. The van der Waals surface area contributed by atoms with Gasteiger partial charge in [-0.15, -0.1) is 0 Å². The van der Waals surface area contributed by atoms with E-state index in [1.165, 1.54) is 0 Å². The SMILES string of the molecule is O=C1OC(C(O)CBr)C(O)C1O. The summed E-state index contributed by atoms with van der Waals surface area (Å²) in [6.45, 7) is 0. The van der Waals surface area contributed by atoms with E-state index in [-0.39, 0.29) is 5.33 Å². The number of aliphatic hydroxyl groups is 3. The second-order valence-corrected chi connectivity index (χ2v) is 3.21. The summed E-state index contributed by atoms with van der Waals surface area (Å²) in [6.07, 6.45) is -4.92. The van der Waals surface area contributed by atoms with Gasteiger partial charge in [-0.25, -0.2) is 4.79 Å². The lowest BCUT2D eigenvalue weighted by Crippen LogP contribution is -2.39. The van der Waals surface area contributed by atoms with Gasteiger partial charge in [-0.3, -0.25) is 0 Å². The minimum atomic E-state index is -1.54. The summed E-state index contributed by atoms with van der Waals surface area (Å²) >= 11 is 2.96. The molecule has 0 radical (unpaired) electrons. The second kappa shape index (κ2) is 3.69. The van der Waals surface area contributed by atoms with Gasteiger partial charge in [0.25, 0.3) is 0 Å². The number of carbonyl (C=O) groups excluding carboxylic acids is 1. The Hall–Kier alpha value is -0.170. The van der Waals surface area contributed by atoms with E-state index in [2.05, 4.69) is 20.7 Å². The molecule has 1 fully saturated rings. The first-order valence-electron chi connectivity index (χ1n) is 3.38. The first-order valence-corrected chi connectivity index (χ1v) is 4.50. The molecular weight excluding hydrogens is 232 g/mol. The van der Waals surface area contributed by atoms with E-state index in [9.17, 15) is 4.79 Å². The third-order valence-corrected chi connectivity index (χ3v) is 2.35. The van der Waals surface area contributed by atoms with Crippen LogP contribution in [-0.4, -0.2) is 51.0 Å². The molecule has 1 rings (SSSR count). The Bertz CT molecular complexity index is 185. The molecule has 0 aromatic carbocycles. The van der Waals surface area contributed by atoms with Crippen molar-refractivity contribution in [1.29, 1.82) is 0 Å². The molecule has 0 aliphatic carbocycles. The number of carbonyl (C=O) groups is 1. The summed E-state index contributed by atoms with van der Waals surface area (Å²) in [7, 11) is 0. The van der Waals surface area contributed by atoms with Crippen LogP contribution >= 0.6 is 15.9 Å². The van der Waals surface area contributed by atoms with Crippen molar-refractivity contribution in [2.45, 2.75) is 24.4 Å². The van der Waals surface area contributed by atoms with Crippen molar-refractivity contribution in [3.05, 3.63) is 0 Å². The van der Waals surface area contributed by atoms with Crippen molar-refractivity contribution in [3.63, 3.8) is 0 Å². The highest BCUT2D eigenvalue weighted by molar-refractivity contribution is 9.09. The third-order valence-electron chi connectivity index (χ3n) is 1.69. The van der Waals surface area contributed by atoms with Crippen molar-refractivity contribution in [2.75, 3.05) is 5.33 Å². The van der Waals surface area contributed by atoms with E-state index in [4.69, 9.17) is 15.3 Å². The molecule has 12 heavy (non-hydrogen) atoms. The minimum absolute atomic E-state index is 0.175. The van der Waals surface area contributed by atoms with Gasteiger partial charge in [0.1, 0.15) is 12.2 Å². The highest BCUT2D eigenvalue weighted by atomic mass is 79.9. The van der Waals surface area contributed by atoms with Crippen LogP contribution in [0.25, 0.3) is 0 Å². The summed E-state index contributed by atoms with van der Waals surface area (Å²) in [5.41, 5.74) is 0. The smallest absolute Gasteiger partial charge is 0.338 e. The van der Waals surface area contributed by atoms with E-state index in [1.54, 1.807) is 0 Å². The van der Waals surface area contributed by atoms with Crippen molar-refractivity contribution < 1.29 is 24.9 Å². The van der Waals surface area contributed by atoms with Crippen LogP contribution in [0.3, 0.4) is 0 Å². The van der Waals surface area contributed by atoms with Gasteiger partial charge >= 0.3 is 5.97 Å². The number of ether oxygens (including phenoxy) is 1. The van der Waals surface area contributed by atoms with Gasteiger partial charge in [-0.2, -0.15) is 0 Å². The molecule has 1 saturated heterocycles. The van der Waals surface area contributed by atoms with Gasteiger partial charge in [0.15, 0.2) is 12.2 Å². The monoisotopic (exact) mass is 240 g/mol. The van der Waals surface area contributed by atoms with Crippen LogP contribution in [0, 0.1) is 0 Å². The first-order chi connectivity index (χ1) is 5.57. The number of aliphatic hydroxyl groups excluding tert-OH is 3. The van der Waals surface area contributed by atoms with Crippen molar-refractivity contribution in [3.8, 4) is 0 Å². The lowest BCUT2D eigenvalue weighted by atomic mass is 10.1. The average Bonchev–Trinajstić information content (AvgIpc) is 2.32. The number of hydrogen-bond acceptors (Lipinski definition) is 5. The van der Waals surface area contributed by atoms with Crippen LogP contribution in [-0.2, 0) is 9.53 Å². The number of rotatable bonds is 2. The number of hydrogen-bond donors (Lipinski definition) is 3. The molecule has 4 unspecified atom stereocenters. The fourth-order valence-electron chi connectivity index (χ4n) is 0.987. The van der Waals surface area contributed by atoms with E-state index in [0.29, 0.717) is 0 Å². The third kappa shape index (κ3) is 1.61. The maximum Gasteiger partial charge on any atom is 0.338 e. The molecule has 0 bridgehead atoms. The summed E-state index contributed by atoms with van der Waals surface area (Å²) in [6, 6.07) is 0. The summed E-state index contributed by atoms with van der Waals surface area (Å²) in [5, 5.41) is 27.4. The summed E-state index contributed by atoms with van der Waals surface area (Å²) in [5.74, 6) is -0.896. The Kier molecular flexibility index (Phi) is 3.05. The molecule has 0 saturated carbocycles. The van der Waals surface area contributed by atoms with E-state index < -0.39 is 30.4 Å². The zero-order valence-corrected chi connectivity index (χ0v) is 7.64. The molecular formula is C6H9BrO5. The number of cyclic esters (lactones) is 1. The topological polar surface area (TPSA) is 87.0 Å². The molecule has 0 aromatic rings. The Morgan fingerprint density at radius 3 is 2.50 bits per heavy atom. The van der Waals surface area contributed by atoms with E-state index >= 15 is 0 Å². The highest BCUT2D eigenvalue weighted by Gasteiger charge is 2.45. The van der Waals surface area contributed by atoms with Crippen molar-refractivity contribution in [1.82, 2.24) is 0 Å². The molecule has 0 spiro atoms. The zero-order chi connectivity index (χ0) is 9.30. The van der Waals surface area contributed by atoms with Crippen molar-refractivity contribution >= 4 is 21.9 Å². The van der Waals surface area contributed by atoms with Gasteiger partial charge in [0.05, 0.1) is 0 Å². The van der Waals surface area contributed by atoms with Gasteiger partial charge < -0.3 is 20.1 Å².